The maximum atomic E-state index is 12.9. The van der Waals surface area contributed by atoms with Gasteiger partial charge < -0.3 is 11.5 Å². The zero-order valence-corrected chi connectivity index (χ0v) is 8.32. The molecule has 15 heavy (non-hydrogen) atoms. The van der Waals surface area contributed by atoms with Crippen molar-refractivity contribution >= 4 is 18.4 Å². The van der Waals surface area contributed by atoms with Crippen molar-refractivity contribution in [3.05, 3.63) is 35.1 Å². The number of rotatable bonds is 2. The molecule has 3 nitrogen and oxygen atoms in total. The van der Waals surface area contributed by atoms with E-state index >= 15 is 0 Å². The predicted molar refractivity (Wildman–Crippen MR) is 53.1 cm³/mol. The number of nitrogens with zero attached hydrogens (tertiary/aromatic N) is 1. The second-order valence-electron chi connectivity index (χ2n) is 2.56. The van der Waals surface area contributed by atoms with Crippen molar-refractivity contribution in [2.45, 2.75) is 6.54 Å². The fourth-order valence-electron chi connectivity index (χ4n) is 0.884. The molecular formula is C8H9ClF3N3. The smallest absolute Gasteiger partial charge is 0.186 e. The van der Waals surface area contributed by atoms with Gasteiger partial charge in [0.2, 0.25) is 0 Å². The molecule has 0 bridgehead atoms. The quantitative estimate of drug-likeness (QED) is 0.464. The fourth-order valence-corrected chi connectivity index (χ4v) is 0.884. The molecule has 0 unspecified atom stereocenters. The summed E-state index contributed by atoms with van der Waals surface area (Å²) in [5.41, 5.74) is 9.45. The first kappa shape index (κ1) is 13.6. The molecule has 1 rings (SSSR count). The molecule has 0 aliphatic rings. The second-order valence-corrected chi connectivity index (χ2v) is 2.56. The van der Waals surface area contributed by atoms with Gasteiger partial charge >= 0.3 is 0 Å². The van der Waals surface area contributed by atoms with E-state index in [0.717, 1.165) is 6.07 Å². The number of benzene rings is 1. The Bertz CT molecular complexity index is 378. The minimum absolute atomic E-state index is 0. The van der Waals surface area contributed by atoms with E-state index in [-0.39, 0.29) is 18.4 Å². The summed E-state index contributed by atoms with van der Waals surface area (Å²) in [6.07, 6.45) is 0. The zero-order chi connectivity index (χ0) is 10.7. The van der Waals surface area contributed by atoms with Crippen molar-refractivity contribution in [3.63, 3.8) is 0 Å². The summed E-state index contributed by atoms with van der Waals surface area (Å²) in [5.74, 6) is -3.59. The van der Waals surface area contributed by atoms with E-state index in [0.29, 0.717) is 6.07 Å². The van der Waals surface area contributed by atoms with Crippen LogP contribution in [-0.2, 0) is 6.54 Å². The van der Waals surface area contributed by atoms with E-state index < -0.39 is 29.6 Å². The third-order valence-electron chi connectivity index (χ3n) is 1.56. The molecule has 0 atom stereocenters. The van der Waals surface area contributed by atoms with Crippen LogP contribution < -0.4 is 11.5 Å². The highest BCUT2D eigenvalue weighted by Gasteiger charge is 2.12. The summed E-state index contributed by atoms with van der Waals surface area (Å²) in [6.45, 7) is -0.419. The fraction of sp³-hybridized carbons (Fsp3) is 0.125. The standard InChI is InChI=1S/C8H8F3N3.ClH/c9-5-1-2-6(10)7(11)4(5)3-14-8(12)13;/h1-2H,3H2,(H4,12,13,14);1H. The van der Waals surface area contributed by atoms with Gasteiger partial charge in [0.25, 0.3) is 0 Å². The molecule has 0 aromatic heterocycles. The van der Waals surface area contributed by atoms with Crippen molar-refractivity contribution < 1.29 is 13.2 Å². The number of halogens is 4. The summed E-state index contributed by atoms with van der Waals surface area (Å²) in [4.78, 5) is 3.38. The first-order valence-electron chi connectivity index (χ1n) is 3.70. The summed E-state index contributed by atoms with van der Waals surface area (Å²) < 4.78 is 38.5. The molecule has 0 fully saturated rings. The Morgan fingerprint density at radius 2 is 1.67 bits per heavy atom. The summed E-state index contributed by atoms with van der Waals surface area (Å²) >= 11 is 0. The van der Waals surface area contributed by atoms with Crippen molar-refractivity contribution in [1.29, 1.82) is 0 Å². The van der Waals surface area contributed by atoms with Crippen LogP contribution in [0.15, 0.2) is 17.1 Å². The summed E-state index contributed by atoms with van der Waals surface area (Å²) in [6, 6.07) is 1.51. The first-order valence-corrected chi connectivity index (χ1v) is 3.70. The molecule has 0 saturated carbocycles. The zero-order valence-electron chi connectivity index (χ0n) is 7.51. The molecule has 0 aliphatic heterocycles. The van der Waals surface area contributed by atoms with Crippen LogP contribution >= 0.6 is 12.4 Å². The van der Waals surface area contributed by atoms with E-state index in [1.807, 2.05) is 0 Å². The van der Waals surface area contributed by atoms with Gasteiger partial charge in [0.1, 0.15) is 5.82 Å². The van der Waals surface area contributed by atoms with Crippen LogP contribution in [0, 0.1) is 17.5 Å². The summed E-state index contributed by atoms with van der Waals surface area (Å²) in [5, 5.41) is 0. The van der Waals surface area contributed by atoms with E-state index in [9.17, 15) is 13.2 Å². The Morgan fingerprint density at radius 1 is 1.13 bits per heavy atom. The van der Waals surface area contributed by atoms with Crippen LogP contribution in [0.2, 0.25) is 0 Å². The largest absolute Gasteiger partial charge is 0.370 e. The number of nitrogens with two attached hydrogens (primary N) is 2. The van der Waals surface area contributed by atoms with Gasteiger partial charge in [-0.15, -0.1) is 12.4 Å². The highest BCUT2D eigenvalue weighted by molar-refractivity contribution is 5.85. The first-order chi connectivity index (χ1) is 6.52. The van der Waals surface area contributed by atoms with Gasteiger partial charge in [0, 0.05) is 5.56 Å². The van der Waals surface area contributed by atoms with Crippen molar-refractivity contribution in [3.8, 4) is 0 Å². The van der Waals surface area contributed by atoms with Gasteiger partial charge in [0.05, 0.1) is 6.54 Å². The Morgan fingerprint density at radius 3 is 2.20 bits per heavy atom. The minimum atomic E-state index is -1.27. The third-order valence-corrected chi connectivity index (χ3v) is 1.56. The van der Waals surface area contributed by atoms with Crippen molar-refractivity contribution in [2.75, 3.05) is 0 Å². The van der Waals surface area contributed by atoms with Crippen molar-refractivity contribution in [2.24, 2.45) is 16.5 Å². The average Bonchev–Trinajstić information content (AvgIpc) is 2.11. The number of hydrogen-bond donors (Lipinski definition) is 2. The molecule has 7 heteroatoms. The molecule has 0 radical (unpaired) electrons. The highest BCUT2D eigenvalue weighted by atomic mass is 35.5. The second kappa shape index (κ2) is 5.45. The van der Waals surface area contributed by atoms with Crippen LogP contribution in [0.5, 0.6) is 0 Å². The normalized spacial score (nSPS) is 9.27. The van der Waals surface area contributed by atoms with E-state index in [4.69, 9.17) is 11.5 Å². The SMILES string of the molecule is Cl.NC(N)=NCc1c(F)ccc(F)c1F. The molecule has 1 aromatic carbocycles. The molecule has 0 amide bonds. The lowest BCUT2D eigenvalue weighted by Crippen LogP contribution is -2.22. The summed E-state index contributed by atoms with van der Waals surface area (Å²) in [7, 11) is 0. The van der Waals surface area contributed by atoms with Crippen LogP contribution in [0.1, 0.15) is 5.56 Å². The van der Waals surface area contributed by atoms with Gasteiger partial charge in [-0.1, -0.05) is 0 Å². The van der Waals surface area contributed by atoms with E-state index in [1.54, 1.807) is 0 Å². The maximum absolute atomic E-state index is 12.9. The predicted octanol–water partition coefficient (Wildman–Crippen LogP) is 1.30. The van der Waals surface area contributed by atoms with Gasteiger partial charge in [0.15, 0.2) is 17.6 Å². The Balaban J connectivity index is 0.00000196. The molecule has 1 aromatic rings. The van der Waals surface area contributed by atoms with Gasteiger partial charge in [-0.25, -0.2) is 18.2 Å². The molecule has 0 heterocycles. The lowest BCUT2D eigenvalue weighted by molar-refractivity contribution is 0.480. The number of guanidine groups is 1. The van der Waals surface area contributed by atoms with Crippen LogP contribution in [0.4, 0.5) is 13.2 Å². The Hall–Kier alpha value is -1.43. The lowest BCUT2D eigenvalue weighted by atomic mass is 10.2. The van der Waals surface area contributed by atoms with Crippen LogP contribution in [0.25, 0.3) is 0 Å². The number of hydrogen-bond acceptors (Lipinski definition) is 1. The minimum Gasteiger partial charge on any atom is -0.370 e. The van der Waals surface area contributed by atoms with Crippen molar-refractivity contribution in [1.82, 2.24) is 0 Å². The van der Waals surface area contributed by atoms with Gasteiger partial charge in [-0.2, -0.15) is 0 Å². The van der Waals surface area contributed by atoms with Gasteiger partial charge in [-0.05, 0) is 12.1 Å². The monoisotopic (exact) mass is 239 g/mol. The van der Waals surface area contributed by atoms with E-state index in [2.05, 4.69) is 4.99 Å². The molecule has 0 saturated heterocycles. The lowest BCUT2D eigenvalue weighted by Gasteiger charge is -2.02. The molecular weight excluding hydrogens is 231 g/mol. The molecule has 0 aliphatic carbocycles. The molecule has 84 valence electrons. The third kappa shape index (κ3) is 3.32. The van der Waals surface area contributed by atoms with E-state index in [1.165, 1.54) is 0 Å². The molecule has 0 spiro atoms. The van der Waals surface area contributed by atoms with Gasteiger partial charge in [-0.3, -0.25) is 0 Å². The average molecular weight is 240 g/mol. The van der Waals surface area contributed by atoms with Crippen LogP contribution in [-0.4, -0.2) is 5.96 Å². The maximum Gasteiger partial charge on any atom is 0.186 e. The topological polar surface area (TPSA) is 64.4 Å². The Labute approximate surface area is 90.4 Å². The Kier molecular flexibility index (Phi) is 4.93. The number of aliphatic imine (C=N–C) groups is 1. The highest BCUT2D eigenvalue weighted by Crippen LogP contribution is 2.16. The molecule has 4 N–H and O–H groups in total. The van der Waals surface area contributed by atoms with Crippen LogP contribution in [0.3, 0.4) is 0 Å².